The van der Waals surface area contributed by atoms with Crippen molar-refractivity contribution >= 4 is 11.7 Å². The Morgan fingerprint density at radius 2 is 2.23 bits per heavy atom. The highest BCUT2D eigenvalue weighted by Gasteiger charge is 2.33. The van der Waals surface area contributed by atoms with E-state index in [0.29, 0.717) is 11.7 Å². The number of carbonyl (C=O) groups excluding carboxylic acids is 1. The molecule has 22 heavy (non-hydrogen) atoms. The maximum absolute atomic E-state index is 12.4. The average molecular weight is 313 g/mol. The predicted molar refractivity (Wildman–Crippen MR) is 71.2 cm³/mol. The number of nitrogens with one attached hydrogen (secondary N) is 2. The summed E-state index contributed by atoms with van der Waals surface area (Å²) in [5.74, 6) is 0.405. The molecule has 2 aromatic heterocycles. The minimum absolute atomic E-state index is 0.304. The molecule has 0 aliphatic heterocycles. The molecule has 0 saturated heterocycles. The standard InChI is InChI=1S/C13H14F3N5O/c1-7-11(8-2-3-8)18-19-12(7)17-10(22)6-21-5-4-9(20-21)13(14,15)16/h4-5,8H,2-3,6H2,1H3,(H2,17,18,19,22). The van der Waals surface area contributed by atoms with Crippen molar-refractivity contribution in [2.24, 2.45) is 0 Å². The first-order chi connectivity index (χ1) is 10.3. The smallest absolute Gasteiger partial charge is 0.307 e. The van der Waals surface area contributed by atoms with E-state index in [1.54, 1.807) is 0 Å². The van der Waals surface area contributed by atoms with Crippen molar-refractivity contribution in [3.63, 3.8) is 0 Å². The first-order valence-corrected chi connectivity index (χ1v) is 6.80. The molecule has 3 rings (SSSR count). The summed E-state index contributed by atoms with van der Waals surface area (Å²) in [6.45, 7) is 1.55. The molecule has 0 bridgehead atoms. The van der Waals surface area contributed by atoms with E-state index in [1.807, 2.05) is 6.92 Å². The fraction of sp³-hybridized carbons (Fsp3) is 0.462. The highest BCUT2D eigenvalue weighted by Crippen LogP contribution is 2.41. The van der Waals surface area contributed by atoms with Gasteiger partial charge in [0.05, 0.1) is 0 Å². The van der Waals surface area contributed by atoms with Crippen LogP contribution in [-0.2, 0) is 17.5 Å². The molecule has 2 heterocycles. The Morgan fingerprint density at radius 3 is 2.82 bits per heavy atom. The molecule has 2 aromatic rings. The molecule has 0 aromatic carbocycles. The number of alkyl halides is 3. The number of nitrogens with zero attached hydrogens (tertiary/aromatic N) is 3. The summed E-state index contributed by atoms with van der Waals surface area (Å²) in [7, 11) is 0. The number of rotatable bonds is 4. The second-order valence-corrected chi connectivity index (χ2v) is 5.33. The van der Waals surface area contributed by atoms with E-state index in [-0.39, 0.29) is 6.54 Å². The van der Waals surface area contributed by atoms with Gasteiger partial charge in [-0.15, -0.1) is 0 Å². The van der Waals surface area contributed by atoms with Gasteiger partial charge in [0.2, 0.25) is 5.91 Å². The number of hydrogen-bond acceptors (Lipinski definition) is 3. The van der Waals surface area contributed by atoms with Crippen LogP contribution in [0.1, 0.15) is 35.7 Å². The fourth-order valence-corrected chi connectivity index (χ4v) is 2.22. The maximum atomic E-state index is 12.4. The van der Waals surface area contributed by atoms with Crippen LogP contribution in [0.2, 0.25) is 0 Å². The monoisotopic (exact) mass is 313 g/mol. The first-order valence-electron chi connectivity index (χ1n) is 6.80. The molecule has 9 heteroatoms. The van der Waals surface area contributed by atoms with Crippen molar-refractivity contribution in [3.8, 4) is 0 Å². The lowest BCUT2D eigenvalue weighted by Gasteiger charge is -2.04. The van der Waals surface area contributed by atoms with E-state index in [2.05, 4.69) is 20.6 Å². The molecule has 1 fully saturated rings. The van der Waals surface area contributed by atoms with Gasteiger partial charge < -0.3 is 5.32 Å². The van der Waals surface area contributed by atoms with E-state index in [9.17, 15) is 18.0 Å². The van der Waals surface area contributed by atoms with Crippen LogP contribution in [0.3, 0.4) is 0 Å². The molecule has 1 aliphatic rings. The zero-order chi connectivity index (χ0) is 15.9. The van der Waals surface area contributed by atoms with E-state index in [0.717, 1.165) is 41.0 Å². The number of aromatic nitrogens is 4. The molecule has 0 atom stereocenters. The van der Waals surface area contributed by atoms with Gasteiger partial charge in [-0.25, -0.2) is 0 Å². The van der Waals surface area contributed by atoms with Gasteiger partial charge in [-0.2, -0.15) is 23.4 Å². The SMILES string of the molecule is Cc1c(NC(=O)Cn2ccc(C(F)(F)F)n2)n[nH]c1C1CC1. The van der Waals surface area contributed by atoms with Gasteiger partial charge in [-0.1, -0.05) is 0 Å². The first kappa shape index (κ1) is 14.6. The van der Waals surface area contributed by atoms with E-state index >= 15 is 0 Å². The van der Waals surface area contributed by atoms with Gasteiger partial charge in [0.25, 0.3) is 0 Å². The third-order valence-corrected chi connectivity index (χ3v) is 3.53. The number of halogens is 3. The van der Waals surface area contributed by atoms with Crippen LogP contribution >= 0.6 is 0 Å². The highest BCUT2D eigenvalue weighted by atomic mass is 19.4. The van der Waals surface area contributed by atoms with E-state index in [4.69, 9.17) is 0 Å². The molecule has 0 radical (unpaired) electrons. The number of H-pyrrole nitrogens is 1. The molecule has 1 saturated carbocycles. The van der Waals surface area contributed by atoms with Gasteiger partial charge in [-0.3, -0.25) is 14.6 Å². The van der Waals surface area contributed by atoms with E-state index in [1.165, 1.54) is 0 Å². The van der Waals surface area contributed by atoms with Crippen LogP contribution in [0.4, 0.5) is 19.0 Å². The largest absolute Gasteiger partial charge is 0.435 e. The van der Waals surface area contributed by atoms with Crippen LogP contribution in [0, 0.1) is 6.92 Å². The lowest BCUT2D eigenvalue weighted by molar-refractivity contribution is -0.141. The Bertz CT molecular complexity index is 699. The maximum Gasteiger partial charge on any atom is 0.435 e. The molecule has 1 aliphatic carbocycles. The summed E-state index contributed by atoms with van der Waals surface area (Å²) in [4.78, 5) is 11.9. The van der Waals surface area contributed by atoms with Crippen LogP contribution in [-0.4, -0.2) is 25.9 Å². The summed E-state index contributed by atoms with van der Waals surface area (Å²) < 4.78 is 38.2. The number of amides is 1. The molecule has 0 spiro atoms. The third-order valence-electron chi connectivity index (χ3n) is 3.53. The van der Waals surface area contributed by atoms with Gasteiger partial charge in [0.15, 0.2) is 11.5 Å². The summed E-state index contributed by atoms with van der Waals surface area (Å²) in [6.07, 6.45) is -1.19. The van der Waals surface area contributed by atoms with Gasteiger partial charge in [0, 0.05) is 23.4 Å². The Hall–Kier alpha value is -2.32. The Morgan fingerprint density at radius 1 is 1.50 bits per heavy atom. The van der Waals surface area contributed by atoms with Crippen molar-refractivity contribution in [1.29, 1.82) is 0 Å². The molecule has 6 nitrogen and oxygen atoms in total. The van der Waals surface area contributed by atoms with Gasteiger partial charge >= 0.3 is 6.18 Å². The van der Waals surface area contributed by atoms with Crippen molar-refractivity contribution in [2.45, 2.75) is 38.4 Å². The normalized spacial score (nSPS) is 15.1. The topological polar surface area (TPSA) is 75.6 Å². The van der Waals surface area contributed by atoms with Gasteiger partial charge in [0.1, 0.15) is 6.54 Å². The molecular weight excluding hydrogens is 299 g/mol. The lowest BCUT2D eigenvalue weighted by Crippen LogP contribution is -2.20. The van der Waals surface area contributed by atoms with Crippen molar-refractivity contribution < 1.29 is 18.0 Å². The molecular formula is C13H14F3N5O. The second kappa shape index (κ2) is 5.15. The predicted octanol–water partition coefficient (Wildman–Crippen LogP) is 2.45. The minimum atomic E-state index is -4.51. The number of hydrogen-bond donors (Lipinski definition) is 2. The molecule has 2 N–H and O–H groups in total. The number of aromatic amines is 1. The quantitative estimate of drug-likeness (QED) is 0.910. The van der Waals surface area contributed by atoms with E-state index < -0.39 is 17.8 Å². The summed E-state index contributed by atoms with van der Waals surface area (Å²) in [5, 5.41) is 12.8. The zero-order valence-corrected chi connectivity index (χ0v) is 11.7. The van der Waals surface area contributed by atoms with Crippen molar-refractivity contribution in [2.75, 3.05) is 5.32 Å². The zero-order valence-electron chi connectivity index (χ0n) is 11.7. The Kier molecular flexibility index (Phi) is 3.42. The van der Waals surface area contributed by atoms with Gasteiger partial charge in [-0.05, 0) is 25.8 Å². The summed E-state index contributed by atoms with van der Waals surface area (Å²) in [6, 6.07) is 0.832. The summed E-state index contributed by atoms with van der Waals surface area (Å²) >= 11 is 0. The molecule has 1 amide bonds. The average Bonchev–Trinajstić information content (AvgIpc) is 3.04. The highest BCUT2D eigenvalue weighted by molar-refractivity contribution is 5.90. The van der Waals surface area contributed by atoms with Crippen molar-refractivity contribution in [1.82, 2.24) is 20.0 Å². The molecule has 118 valence electrons. The van der Waals surface area contributed by atoms with Crippen molar-refractivity contribution in [3.05, 3.63) is 29.2 Å². The van der Waals surface area contributed by atoms with Crippen LogP contribution < -0.4 is 5.32 Å². The lowest BCUT2D eigenvalue weighted by atomic mass is 10.2. The minimum Gasteiger partial charge on any atom is -0.307 e. The van der Waals surface area contributed by atoms with Crippen LogP contribution in [0.15, 0.2) is 12.3 Å². The third kappa shape index (κ3) is 2.97. The number of anilines is 1. The Labute approximate surface area is 123 Å². The Balaban J connectivity index is 1.64. The fourth-order valence-electron chi connectivity index (χ4n) is 2.22. The van der Waals surface area contributed by atoms with Crippen LogP contribution in [0.25, 0.3) is 0 Å². The van der Waals surface area contributed by atoms with Crippen LogP contribution in [0.5, 0.6) is 0 Å². The number of carbonyl (C=O) groups is 1. The molecule has 0 unspecified atom stereocenters. The second-order valence-electron chi connectivity index (χ2n) is 5.33. The summed E-state index contributed by atoms with van der Waals surface area (Å²) in [5.41, 5.74) is 0.855.